The maximum absolute atomic E-state index is 13.4. The largest absolute Gasteiger partial charge is 0.330 e. The van der Waals surface area contributed by atoms with Gasteiger partial charge in [0, 0.05) is 18.7 Å². The van der Waals surface area contributed by atoms with Crippen molar-refractivity contribution in [3.63, 3.8) is 0 Å². The normalized spacial score (nSPS) is 13.6. The minimum absolute atomic E-state index is 0.0224. The third-order valence-corrected chi connectivity index (χ3v) is 7.59. The van der Waals surface area contributed by atoms with Gasteiger partial charge in [0.25, 0.3) is 5.91 Å². The number of hydrogen-bond acceptors (Lipinski definition) is 5. The van der Waals surface area contributed by atoms with E-state index < -0.39 is 0 Å². The molecule has 1 aliphatic carbocycles. The Hall–Kier alpha value is -4.53. The maximum Gasteiger partial charge on any atom is 0.274 e. The maximum atomic E-state index is 13.4. The van der Waals surface area contributed by atoms with Crippen molar-refractivity contribution in [2.45, 2.75) is 58.8 Å². The van der Waals surface area contributed by atoms with E-state index in [1.54, 1.807) is 21.6 Å². The van der Waals surface area contributed by atoms with Crippen molar-refractivity contribution in [3.8, 4) is 22.8 Å². The standard InChI is InChI=1S/C31H34N8O/c1-19-8-12-23(16-24(19)31(3,4)5)39-26(13-14-33-39)30(40)34-22-11-7-20(2)27(15-22)38-18-25(35-36-38)28-17-32-29(37(28)6)21-9-10-21/h7-8,11-18,21H,9-10H2,1-6H3,(H,34,40). The number of amides is 1. The Morgan fingerprint density at radius 1 is 1.02 bits per heavy atom. The van der Waals surface area contributed by atoms with Gasteiger partial charge in [-0.05, 0) is 79.1 Å². The van der Waals surface area contributed by atoms with E-state index in [0.717, 1.165) is 34.2 Å². The minimum Gasteiger partial charge on any atom is -0.330 e. The quantitative estimate of drug-likeness (QED) is 0.293. The van der Waals surface area contributed by atoms with Crippen LogP contribution in [0.2, 0.25) is 0 Å². The van der Waals surface area contributed by atoms with Crippen LogP contribution in [0, 0.1) is 13.8 Å². The fourth-order valence-corrected chi connectivity index (χ4v) is 5.24. The van der Waals surface area contributed by atoms with E-state index in [1.165, 1.54) is 24.0 Å². The van der Waals surface area contributed by atoms with Crippen LogP contribution in [-0.2, 0) is 12.5 Å². The number of carbonyl (C=O) groups is 1. The lowest BCUT2D eigenvalue weighted by atomic mass is 9.84. The van der Waals surface area contributed by atoms with Gasteiger partial charge in [-0.25, -0.2) is 14.3 Å². The van der Waals surface area contributed by atoms with Gasteiger partial charge in [-0.15, -0.1) is 5.10 Å². The number of nitrogens with zero attached hydrogens (tertiary/aromatic N) is 7. The van der Waals surface area contributed by atoms with Crippen LogP contribution in [0.5, 0.6) is 0 Å². The first-order valence-corrected chi connectivity index (χ1v) is 13.6. The Labute approximate surface area is 233 Å². The van der Waals surface area contributed by atoms with E-state index in [0.29, 0.717) is 17.3 Å². The Bertz CT molecular complexity index is 1730. The summed E-state index contributed by atoms with van der Waals surface area (Å²) in [6, 6.07) is 13.7. The van der Waals surface area contributed by atoms with E-state index in [4.69, 9.17) is 0 Å². The van der Waals surface area contributed by atoms with Crippen LogP contribution >= 0.6 is 0 Å². The molecule has 2 aromatic carbocycles. The van der Waals surface area contributed by atoms with Gasteiger partial charge in [-0.3, -0.25) is 4.79 Å². The molecule has 6 rings (SSSR count). The van der Waals surface area contributed by atoms with Crippen LogP contribution < -0.4 is 5.32 Å². The van der Waals surface area contributed by atoms with E-state index in [9.17, 15) is 4.79 Å². The monoisotopic (exact) mass is 534 g/mol. The molecule has 1 fully saturated rings. The van der Waals surface area contributed by atoms with Crippen LogP contribution in [0.1, 0.15) is 72.5 Å². The van der Waals surface area contributed by atoms with Crippen LogP contribution in [-0.4, -0.2) is 40.2 Å². The molecule has 9 nitrogen and oxygen atoms in total. The minimum atomic E-state index is -0.244. The predicted molar refractivity (Wildman–Crippen MR) is 155 cm³/mol. The summed E-state index contributed by atoms with van der Waals surface area (Å²) in [7, 11) is 2.03. The second-order valence-corrected chi connectivity index (χ2v) is 11.7. The van der Waals surface area contributed by atoms with Crippen molar-refractivity contribution in [3.05, 3.63) is 89.3 Å². The van der Waals surface area contributed by atoms with Gasteiger partial charge >= 0.3 is 0 Å². The second-order valence-electron chi connectivity index (χ2n) is 11.7. The van der Waals surface area contributed by atoms with Gasteiger partial charge in [0.15, 0.2) is 0 Å². The van der Waals surface area contributed by atoms with Crippen molar-refractivity contribution in [2.24, 2.45) is 7.05 Å². The lowest BCUT2D eigenvalue weighted by molar-refractivity contribution is 0.101. The van der Waals surface area contributed by atoms with Gasteiger partial charge < -0.3 is 9.88 Å². The molecule has 1 N–H and O–H groups in total. The van der Waals surface area contributed by atoms with Crippen molar-refractivity contribution < 1.29 is 4.79 Å². The van der Waals surface area contributed by atoms with Crippen LogP contribution in [0.4, 0.5) is 5.69 Å². The first kappa shape index (κ1) is 25.7. The van der Waals surface area contributed by atoms with Gasteiger partial charge in [-0.1, -0.05) is 38.1 Å². The summed E-state index contributed by atoms with van der Waals surface area (Å²) in [5.41, 5.74) is 7.92. The highest BCUT2D eigenvalue weighted by Gasteiger charge is 2.29. The van der Waals surface area contributed by atoms with E-state index in [2.05, 4.69) is 70.1 Å². The zero-order valence-electron chi connectivity index (χ0n) is 23.8. The molecule has 5 aromatic rings. The molecule has 0 bridgehead atoms. The first-order valence-electron chi connectivity index (χ1n) is 13.6. The zero-order chi connectivity index (χ0) is 28.2. The molecule has 9 heteroatoms. The van der Waals surface area contributed by atoms with Crippen molar-refractivity contribution in [2.75, 3.05) is 5.32 Å². The summed E-state index contributed by atoms with van der Waals surface area (Å²) in [5.74, 6) is 1.41. The number of aromatic nitrogens is 7. The van der Waals surface area contributed by atoms with Crippen LogP contribution in [0.15, 0.2) is 61.1 Å². The number of rotatable bonds is 6. The van der Waals surface area contributed by atoms with E-state index >= 15 is 0 Å². The SMILES string of the molecule is Cc1ccc(NC(=O)c2ccnn2-c2ccc(C)c(C(C)(C)C)c2)cc1-n1cc(-c2cnc(C3CC3)n2C)nn1. The smallest absolute Gasteiger partial charge is 0.274 e. The Kier molecular flexibility index (Phi) is 6.17. The Morgan fingerprint density at radius 2 is 1.80 bits per heavy atom. The molecule has 40 heavy (non-hydrogen) atoms. The fourth-order valence-electron chi connectivity index (χ4n) is 5.24. The molecule has 204 valence electrons. The molecular weight excluding hydrogens is 500 g/mol. The lowest BCUT2D eigenvalue weighted by Gasteiger charge is -2.22. The molecule has 0 spiro atoms. The summed E-state index contributed by atoms with van der Waals surface area (Å²) in [5, 5.41) is 16.3. The molecular formula is C31H34N8O. The molecule has 0 unspecified atom stereocenters. The average molecular weight is 535 g/mol. The van der Waals surface area contributed by atoms with Crippen molar-refractivity contribution >= 4 is 11.6 Å². The summed E-state index contributed by atoms with van der Waals surface area (Å²) in [6.45, 7) is 10.7. The summed E-state index contributed by atoms with van der Waals surface area (Å²) in [6.07, 6.45) is 7.81. The molecule has 1 aliphatic rings. The third-order valence-electron chi connectivity index (χ3n) is 7.59. The Balaban J connectivity index is 1.26. The summed E-state index contributed by atoms with van der Waals surface area (Å²) >= 11 is 0. The number of nitrogens with one attached hydrogen (secondary N) is 1. The number of aryl methyl sites for hydroxylation is 2. The van der Waals surface area contributed by atoms with Crippen LogP contribution in [0.25, 0.3) is 22.8 Å². The second kappa shape index (κ2) is 9.59. The average Bonchev–Trinajstić information content (AvgIpc) is 3.27. The number of benzene rings is 2. The zero-order valence-corrected chi connectivity index (χ0v) is 23.8. The van der Waals surface area contributed by atoms with E-state index in [1.807, 2.05) is 50.6 Å². The van der Waals surface area contributed by atoms with E-state index in [-0.39, 0.29) is 11.3 Å². The molecule has 3 heterocycles. The lowest BCUT2D eigenvalue weighted by Crippen LogP contribution is -2.18. The number of carbonyl (C=O) groups excluding carboxylic acids is 1. The highest BCUT2D eigenvalue weighted by atomic mass is 16.2. The van der Waals surface area contributed by atoms with Crippen LogP contribution in [0.3, 0.4) is 0 Å². The van der Waals surface area contributed by atoms with Crippen molar-refractivity contribution in [1.29, 1.82) is 0 Å². The first-order chi connectivity index (χ1) is 19.1. The Morgan fingerprint density at radius 3 is 2.55 bits per heavy atom. The van der Waals surface area contributed by atoms with Gasteiger partial charge in [-0.2, -0.15) is 5.10 Å². The highest BCUT2D eigenvalue weighted by Crippen LogP contribution is 2.40. The number of hydrogen-bond donors (Lipinski definition) is 1. The highest BCUT2D eigenvalue weighted by molar-refractivity contribution is 6.03. The molecule has 0 saturated heterocycles. The molecule has 0 radical (unpaired) electrons. The number of imidazole rings is 1. The fraction of sp³-hybridized carbons (Fsp3) is 0.323. The molecule has 0 aliphatic heterocycles. The summed E-state index contributed by atoms with van der Waals surface area (Å²) < 4.78 is 5.54. The predicted octanol–water partition coefficient (Wildman–Crippen LogP) is 5.90. The number of anilines is 1. The van der Waals surface area contributed by atoms with Gasteiger partial charge in [0.2, 0.25) is 0 Å². The topological polar surface area (TPSA) is 95.5 Å². The molecule has 1 saturated carbocycles. The van der Waals surface area contributed by atoms with Gasteiger partial charge in [0.05, 0.1) is 35.7 Å². The summed E-state index contributed by atoms with van der Waals surface area (Å²) in [4.78, 5) is 18.0. The third kappa shape index (κ3) is 4.72. The molecule has 1 amide bonds. The van der Waals surface area contributed by atoms with Crippen molar-refractivity contribution in [1.82, 2.24) is 34.3 Å². The van der Waals surface area contributed by atoms with Gasteiger partial charge in [0.1, 0.15) is 17.2 Å². The molecule has 0 atom stereocenters. The molecule has 3 aromatic heterocycles.